The lowest BCUT2D eigenvalue weighted by molar-refractivity contribution is 0.243. The van der Waals surface area contributed by atoms with Crippen LogP contribution in [0.25, 0.3) is 0 Å². The molecule has 0 radical (unpaired) electrons. The molecule has 0 aliphatic carbocycles. The maximum absolute atomic E-state index is 9.70. The number of benzene rings is 2. The zero-order valence-electron chi connectivity index (χ0n) is 10.5. The van der Waals surface area contributed by atoms with E-state index in [1.165, 1.54) is 6.07 Å². The van der Waals surface area contributed by atoms with E-state index in [9.17, 15) is 15.3 Å². The van der Waals surface area contributed by atoms with E-state index in [4.69, 9.17) is 0 Å². The molecule has 0 bridgehead atoms. The third kappa shape index (κ3) is 3.24. The molecule has 0 aliphatic rings. The summed E-state index contributed by atoms with van der Waals surface area (Å²) in [5.41, 5.74) is 1.57. The van der Waals surface area contributed by atoms with Gasteiger partial charge < -0.3 is 20.6 Å². The summed E-state index contributed by atoms with van der Waals surface area (Å²) in [6.07, 6.45) is 0. The summed E-state index contributed by atoms with van der Waals surface area (Å²) in [5.74, 6) is -0.265. The molecule has 2 aromatic rings. The maximum atomic E-state index is 9.70. The van der Waals surface area contributed by atoms with Gasteiger partial charge in [0.25, 0.3) is 0 Å². The van der Waals surface area contributed by atoms with Crippen LogP contribution in [0.15, 0.2) is 48.5 Å². The first-order valence-corrected chi connectivity index (χ1v) is 6.11. The Morgan fingerprint density at radius 2 is 1.68 bits per heavy atom. The van der Waals surface area contributed by atoms with E-state index >= 15 is 0 Å². The van der Waals surface area contributed by atoms with Crippen molar-refractivity contribution in [3.8, 4) is 11.5 Å². The van der Waals surface area contributed by atoms with Gasteiger partial charge in [-0.1, -0.05) is 42.5 Å². The second kappa shape index (κ2) is 6.22. The normalized spacial score (nSPS) is 12.3. The van der Waals surface area contributed by atoms with E-state index in [2.05, 4.69) is 5.32 Å². The van der Waals surface area contributed by atoms with Gasteiger partial charge in [0.1, 0.15) is 0 Å². The van der Waals surface area contributed by atoms with Crippen molar-refractivity contribution in [2.45, 2.75) is 12.6 Å². The van der Waals surface area contributed by atoms with E-state index in [0.29, 0.717) is 12.1 Å². The molecule has 0 aliphatic heterocycles. The van der Waals surface area contributed by atoms with E-state index in [-0.39, 0.29) is 24.1 Å². The third-order valence-corrected chi connectivity index (χ3v) is 3.02. The molecule has 2 aromatic carbocycles. The van der Waals surface area contributed by atoms with Gasteiger partial charge in [0.15, 0.2) is 11.5 Å². The summed E-state index contributed by atoms with van der Waals surface area (Å²) in [7, 11) is 0. The van der Waals surface area contributed by atoms with Gasteiger partial charge in [0.2, 0.25) is 0 Å². The number of aromatic hydroxyl groups is 2. The SMILES string of the molecule is OC[C@@H](NCc1cccc(O)c1O)c1ccccc1. The number of aliphatic hydroxyl groups excluding tert-OH is 1. The van der Waals surface area contributed by atoms with Crippen LogP contribution >= 0.6 is 0 Å². The minimum absolute atomic E-state index is 0.0381. The van der Waals surface area contributed by atoms with Crippen LogP contribution in [-0.2, 0) is 6.54 Å². The molecular formula is C15H17NO3. The van der Waals surface area contributed by atoms with Gasteiger partial charge in [0.05, 0.1) is 12.6 Å². The van der Waals surface area contributed by atoms with E-state index < -0.39 is 0 Å². The summed E-state index contributed by atoms with van der Waals surface area (Å²) in [6, 6.07) is 14.2. The Morgan fingerprint density at radius 3 is 2.37 bits per heavy atom. The van der Waals surface area contributed by atoms with Crippen LogP contribution < -0.4 is 5.32 Å². The minimum Gasteiger partial charge on any atom is -0.504 e. The number of nitrogens with one attached hydrogen (secondary N) is 1. The highest BCUT2D eigenvalue weighted by Gasteiger charge is 2.11. The number of aliphatic hydroxyl groups is 1. The summed E-state index contributed by atoms with van der Waals surface area (Å²) in [5, 5.41) is 31.7. The molecule has 19 heavy (non-hydrogen) atoms. The van der Waals surface area contributed by atoms with Crippen LogP contribution in [0, 0.1) is 0 Å². The Bertz CT molecular complexity index is 528. The highest BCUT2D eigenvalue weighted by atomic mass is 16.3. The molecule has 1 atom stereocenters. The van der Waals surface area contributed by atoms with Crippen molar-refractivity contribution in [2.75, 3.05) is 6.61 Å². The topological polar surface area (TPSA) is 72.7 Å². The number of rotatable bonds is 5. The Labute approximate surface area is 112 Å². The molecule has 4 nitrogen and oxygen atoms in total. The Morgan fingerprint density at radius 1 is 0.947 bits per heavy atom. The Hall–Kier alpha value is -2.04. The van der Waals surface area contributed by atoms with Gasteiger partial charge in [-0.2, -0.15) is 0 Å². The summed E-state index contributed by atoms with van der Waals surface area (Å²) >= 11 is 0. The second-order valence-electron chi connectivity index (χ2n) is 4.31. The van der Waals surface area contributed by atoms with Crippen molar-refractivity contribution in [1.29, 1.82) is 0 Å². The van der Waals surface area contributed by atoms with Crippen molar-refractivity contribution >= 4 is 0 Å². The lowest BCUT2D eigenvalue weighted by Gasteiger charge is -2.17. The van der Waals surface area contributed by atoms with Gasteiger partial charge in [0, 0.05) is 12.1 Å². The van der Waals surface area contributed by atoms with Crippen molar-refractivity contribution in [1.82, 2.24) is 5.32 Å². The van der Waals surface area contributed by atoms with Crippen LogP contribution in [0.3, 0.4) is 0 Å². The smallest absolute Gasteiger partial charge is 0.161 e. The standard InChI is InChI=1S/C15H17NO3/c17-10-13(11-5-2-1-3-6-11)16-9-12-7-4-8-14(18)15(12)19/h1-8,13,16-19H,9-10H2/t13-/m1/s1. The van der Waals surface area contributed by atoms with Crippen molar-refractivity contribution in [3.63, 3.8) is 0 Å². The van der Waals surface area contributed by atoms with Gasteiger partial charge in [-0.3, -0.25) is 0 Å². The van der Waals surface area contributed by atoms with Gasteiger partial charge in [-0.15, -0.1) is 0 Å². The largest absolute Gasteiger partial charge is 0.504 e. The third-order valence-electron chi connectivity index (χ3n) is 3.02. The summed E-state index contributed by atoms with van der Waals surface area (Å²) in [4.78, 5) is 0. The molecule has 0 heterocycles. The first kappa shape index (κ1) is 13.4. The van der Waals surface area contributed by atoms with Crippen LogP contribution in [0.5, 0.6) is 11.5 Å². The minimum atomic E-state index is -0.206. The fraction of sp³-hybridized carbons (Fsp3) is 0.200. The van der Waals surface area contributed by atoms with Crippen LogP contribution in [-0.4, -0.2) is 21.9 Å². The molecule has 100 valence electrons. The first-order chi connectivity index (χ1) is 9.22. The van der Waals surface area contributed by atoms with Crippen molar-refractivity contribution < 1.29 is 15.3 Å². The zero-order valence-corrected chi connectivity index (χ0v) is 10.5. The van der Waals surface area contributed by atoms with E-state index in [0.717, 1.165) is 5.56 Å². The van der Waals surface area contributed by atoms with E-state index in [1.54, 1.807) is 12.1 Å². The van der Waals surface area contributed by atoms with Crippen molar-refractivity contribution in [3.05, 3.63) is 59.7 Å². The molecule has 0 saturated heterocycles. The summed E-state index contributed by atoms with van der Waals surface area (Å²) in [6.45, 7) is 0.323. The lowest BCUT2D eigenvalue weighted by atomic mass is 10.1. The number of hydrogen-bond donors (Lipinski definition) is 4. The zero-order chi connectivity index (χ0) is 13.7. The lowest BCUT2D eigenvalue weighted by Crippen LogP contribution is -2.23. The Kier molecular flexibility index (Phi) is 4.39. The average Bonchev–Trinajstić information content (AvgIpc) is 2.45. The quantitative estimate of drug-likeness (QED) is 0.619. The molecule has 0 fully saturated rings. The maximum Gasteiger partial charge on any atom is 0.161 e. The number of phenolic OH excluding ortho intramolecular Hbond substituents is 2. The highest BCUT2D eigenvalue weighted by Crippen LogP contribution is 2.28. The number of para-hydroxylation sites is 1. The highest BCUT2D eigenvalue weighted by molar-refractivity contribution is 5.44. The first-order valence-electron chi connectivity index (χ1n) is 6.11. The molecular weight excluding hydrogens is 242 g/mol. The molecule has 0 amide bonds. The van der Waals surface area contributed by atoms with E-state index in [1.807, 2.05) is 30.3 Å². The fourth-order valence-corrected chi connectivity index (χ4v) is 1.93. The predicted octanol–water partition coefficient (Wildman–Crippen LogP) is 1.92. The van der Waals surface area contributed by atoms with Gasteiger partial charge >= 0.3 is 0 Å². The monoisotopic (exact) mass is 259 g/mol. The second-order valence-corrected chi connectivity index (χ2v) is 4.31. The number of hydrogen-bond acceptors (Lipinski definition) is 4. The summed E-state index contributed by atoms with van der Waals surface area (Å²) < 4.78 is 0. The van der Waals surface area contributed by atoms with Gasteiger partial charge in [-0.25, -0.2) is 0 Å². The van der Waals surface area contributed by atoms with Crippen LogP contribution in [0.1, 0.15) is 17.2 Å². The predicted molar refractivity (Wildman–Crippen MR) is 72.9 cm³/mol. The molecule has 2 rings (SSSR count). The molecule has 4 heteroatoms. The molecule has 0 aromatic heterocycles. The molecule has 0 unspecified atom stereocenters. The van der Waals surface area contributed by atoms with Crippen LogP contribution in [0.4, 0.5) is 0 Å². The number of phenols is 2. The van der Waals surface area contributed by atoms with Crippen molar-refractivity contribution in [2.24, 2.45) is 0 Å². The van der Waals surface area contributed by atoms with Gasteiger partial charge in [-0.05, 0) is 11.6 Å². The molecule has 0 saturated carbocycles. The molecule has 4 N–H and O–H groups in total. The molecule has 0 spiro atoms. The fourth-order valence-electron chi connectivity index (χ4n) is 1.93. The average molecular weight is 259 g/mol. The Balaban J connectivity index is 2.06. The van der Waals surface area contributed by atoms with Crippen LogP contribution in [0.2, 0.25) is 0 Å².